The first-order chi connectivity index (χ1) is 3.68. The SMILES string of the molecule is CC[Si](C)(OC)OC.O. The molecule has 9 heavy (non-hydrogen) atoms. The van der Waals surface area contributed by atoms with Gasteiger partial charge in [-0.15, -0.1) is 0 Å². The lowest BCUT2D eigenvalue weighted by Crippen LogP contribution is -2.34. The van der Waals surface area contributed by atoms with Gasteiger partial charge in [0.05, 0.1) is 0 Å². The average molecular weight is 152 g/mol. The smallest absolute Gasteiger partial charge is 0.334 e. The lowest BCUT2D eigenvalue weighted by atomic mass is 11.0. The maximum atomic E-state index is 5.15. The van der Waals surface area contributed by atoms with Crippen LogP contribution in [-0.4, -0.2) is 28.3 Å². The maximum Gasteiger partial charge on any atom is 0.334 e. The van der Waals surface area contributed by atoms with Gasteiger partial charge in [-0.05, 0) is 12.6 Å². The highest BCUT2D eigenvalue weighted by Gasteiger charge is 2.24. The zero-order valence-electron chi connectivity index (χ0n) is 6.52. The van der Waals surface area contributed by atoms with Crippen molar-refractivity contribution in [1.29, 1.82) is 0 Å². The van der Waals surface area contributed by atoms with Crippen LogP contribution >= 0.6 is 0 Å². The van der Waals surface area contributed by atoms with E-state index < -0.39 is 8.56 Å². The molecule has 0 fully saturated rings. The molecule has 3 nitrogen and oxygen atoms in total. The minimum absolute atomic E-state index is 0. The van der Waals surface area contributed by atoms with Gasteiger partial charge in [0.25, 0.3) is 0 Å². The summed E-state index contributed by atoms with van der Waals surface area (Å²) in [5, 5.41) is 0. The second kappa shape index (κ2) is 4.93. The summed E-state index contributed by atoms with van der Waals surface area (Å²) in [6.07, 6.45) is 0. The monoisotopic (exact) mass is 152 g/mol. The fourth-order valence-electron chi connectivity index (χ4n) is 0.372. The molecule has 4 heteroatoms. The molecule has 0 aliphatic rings. The molecule has 0 rings (SSSR count). The Morgan fingerprint density at radius 1 is 1.22 bits per heavy atom. The Balaban J connectivity index is 0. The summed E-state index contributed by atoms with van der Waals surface area (Å²) < 4.78 is 10.3. The van der Waals surface area contributed by atoms with Crippen LogP contribution in [0.1, 0.15) is 6.92 Å². The first-order valence-electron chi connectivity index (χ1n) is 2.79. The van der Waals surface area contributed by atoms with E-state index in [1.165, 1.54) is 0 Å². The summed E-state index contributed by atoms with van der Waals surface area (Å²) in [6.45, 7) is 4.13. The third-order valence-corrected chi connectivity index (χ3v) is 4.52. The van der Waals surface area contributed by atoms with E-state index in [1.807, 2.05) is 6.55 Å². The van der Waals surface area contributed by atoms with Gasteiger partial charge >= 0.3 is 8.56 Å². The van der Waals surface area contributed by atoms with Crippen LogP contribution in [-0.2, 0) is 8.85 Å². The van der Waals surface area contributed by atoms with Gasteiger partial charge in [0.1, 0.15) is 0 Å². The fraction of sp³-hybridized carbons (Fsp3) is 1.00. The van der Waals surface area contributed by atoms with Crippen molar-refractivity contribution in [1.82, 2.24) is 0 Å². The van der Waals surface area contributed by atoms with Crippen molar-refractivity contribution in [3.63, 3.8) is 0 Å². The van der Waals surface area contributed by atoms with Crippen LogP contribution in [0, 0.1) is 0 Å². The standard InChI is InChI=1S/C5H14O2Si.H2O/c1-5-8(4,6-2)7-3;/h5H2,1-4H3;1H2. The van der Waals surface area contributed by atoms with Crippen molar-refractivity contribution in [2.45, 2.75) is 19.5 Å². The summed E-state index contributed by atoms with van der Waals surface area (Å²) in [6, 6.07) is 1.01. The Morgan fingerprint density at radius 2 is 1.56 bits per heavy atom. The van der Waals surface area contributed by atoms with E-state index in [0.717, 1.165) is 6.04 Å². The Bertz CT molecular complexity index is 55.0. The van der Waals surface area contributed by atoms with E-state index in [0.29, 0.717) is 0 Å². The lowest BCUT2D eigenvalue weighted by Gasteiger charge is -2.19. The first-order valence-corrected chi connectivity index (χ1v) is 5.31. The number of rotatable bonds is 3. The quantitative estimate of drug-likeness (QED) is 0.554. The molecule has 58 valence electrons. The van der Waals surface area contributed by atoms with E-state index in [4.69, 9.17) is 8.85 Å². The normalized spacial score (nSPS) is 10.7. The van der Waals surface area contributed by atoms with Crippen molar-refractivity contribution in [2.75, 3.05) is 14.2 Å². The molecule has 0 bridgehead atoms. The predicted octanol–water partition coefficient (Wildman–Crippen LogP) is 0.546. The van der Waals surface area contributed by atoms with Crippen molar-refractivity contribution in [3.05, 3.63) is 0 Å². The molecule has 0 atom stereocenters. The molecule has 0 saturated heterocycles. The molecule has 0 spiro atoms. The molecule has 2 N–H and O–H groups in total. The minimum Gasteiger partial charge on any atom is -0.412 e. The van der Waals surface area contributed by atoms with Crippen LogP contribution in [0.3, 0.4) is 0 Å². The lowest BCUT2D eigenvalue weighted by molar-refractivity contribution is 0.251. The van der Waals surface area contributed by atoms with Gasteiger partial charge in [-0.1, -0.05) is 6.92 Å². The number of hydrogen-bond donors (Lipinski definition) is 0. The van der Waals surface area contributed by atoms with E-state index >= 15 is 0 Å². The van der Waals surface area contributed by atoms with Crippen LogP contribution in [0.15, 0.2) is 0 Å². The molecule has 0 unspecified atom stereocenters. The van der Waals surface area contributed by atoms with Crippen LogP contribution < -0.4 is 0 Å². The molecule has 0 radical (unpaired) electrons. The van der Waals surface area contributed by atoms with Crippen molar-refractivity contribution >= 4 is 8.56 Å². The molecule has 0 aliphatic heterocycles. The van der Waals surface area contributed by atoms with Crippen LogP contribution in [0.4, 0.5) is 0 Å². The van der Waals surface area contributed by atoms with Gasteiger partial charge in [-0.3, -0.25) is 0 Å². The fourth-order valence-corrected chi connectivity index (χ4v) is 1.12. The van der Waals surface area contributed by atoms with Gasteiger partial charge in [0.2, 0.25) is 0 Å². The van der Waals surface area contributed by atoms with E-state index in [9.17, 15) is 0 Å². The molecule has 0 aromatic carbocycles. The highest BCUT2D eigenvalue weighted by molar-refractivity contribution is 6.65. The van der Waals surface area contributed by atoms with Gasteiger partial charge in [-0.2, -0.15) is 0 Å². The van der Waals surface area contributed by atoms with Crippen LogP contribution in [0.2, 0.25) is 12.6 Å². The Hall–Kier alpha value is 0.0969. The van der Waals surface area contributed by atoms with Gasteiger partial charge < -0.3 is 14.3 Å². The second-order valence-electron chi connectivity index (χ2n) is 1.90. The third-order valence-electron chi connectivity index (χ3n) is 1.51. The summed E-state index contributed by atoms with van der Waals surface area (Å²) in [4.78, 5) is 0. The largest absolute Gasteiger partial charge is 0.412 e. The molecule has 0 heterocycles. The van der Waals surface area contributed by atoms with E-state index in [2.05, 4.69) is 6.92 Å². The van der Waals surface area contributed by atoms with Crippen molar-refractivity contribution in [2.24, 2.45) is 0 Å². The Kier molecular flexibility index (Phi) is 6.48. The van der Waals surface area contributed by atoms with Gasteiger partial charge in [-0.25, -0.2) is 0 Å². The molecule has 0 aromatic rings. The topological polar surface area (TPSA) is 50.0 Å². The molecular formula is C5H16O3Si. The molecule has 0 aromatic heterocycles. The minimum atomic E-state index is -1.67. The average Bonchev–Trinajstić information content (AvgIpc) is 1.87. The highest BCUT2D eigenvalue weighted by Crippen LogP contribution is 2.08. The zero-order valence-corrected chi connectivity index (χ0v) is 7.52. The number of hydrogen-bond acceptors (Lipinski definition) is 2. The summed E-state index contributed by atoms with van der Waals surface area (Å²) in [5.41, 5.74) is 0. The zero-order chi connectivity index (χ0) is 6.62. The Labute approximate surface area is 57.5 Å². The Morgan fingerprint density at radius 3 is 1.56 bits per heavy atom. The summed E-state index contributed by atoms with van der Waals surface area (Å²) >= 11 is 0. The van der Waals surface area contributed by atoms with Crippen LogP contribution in [0.5, 0.6) is 0 Å². The molecular weight excluding hydrogens is 136 g/mol. The maximum absolute atomic E-state index is 5.15. The van der Waals surface area contributed by atoms with Crippen LogP contribution in [0.25, 0.3) is 0 Å². The third kappa shape index (κ3) is 3.64. The molecule has 0 amide bonds. The highest BCUT2D eigenvalue weighted by atomic mass is 28.4. The van der Waals surface area contributed by atoms with E-state index in [1.54, 1.807) is 14.2 Å². The van der Waals surface area contributed by atoms with Crippen molar-refractivity contribution < 1.29 is 14.3 Å². The van der Waals surface area contributed by atoms with Crippen molar-refractivity contribution in [3.8, 4) is 0 Å². The van der Waals surface area contributed by atoms with Gasteiger partial charge in [0.15, 0.2) is 0 Å². The summed E-state index contributed by atoms with van der Waals surface area (Å²) in [5.74, 6) is 0. The second-order valence-corrected chi connectivity index (χ2v) is 5.69. The van der Waals surface area contributed by atoms with Gasteiger partial charge in [0, 0.05) is 14.2 Å². The first kappa shape index (κ1) is 11.8. The molecule has 0 aliphatic carbocycles. The molecule has 0 saturated carbocycles. The summed E-state index contributed by atoms with van der Waals surface area (Å²) in [7, 11) is 1.74. The predicted molar refractivity (Wildman–Crippen MR) is 39.7 cm³/mol. The van der Waals surface area contributed by atoms with E-state index in [-0.39, 0.29) is 5.48 Å².